The van der Waals surface area contributed by atoms with Crippen molar-refractivity contribution in [2.45, 2.75) is 24.3 Å². The molecule has 1 saturated heterocycles. The Balaban J connectivity index is 1.57. The van der Waals surface area contributed by atoms with E-state index < -0.39 is 16.0 Å². The van der Waals surface area contributed by atoms with Crippen LogP contribution in [-0.4, -0.2) is 26.2 Å². The highest BCUT2D eigenvalue weighted by atomic mass is 32.2. The number of rotatable bonds is 4. The van der Waals surface area contributed by atoms with Gasteiger partial charge in [0.25, 0.3) is 10.0 Å². The van der Waals surface area contributed by atoms with Crippen molar-refractivity contribution in [1.82, 2.24) is 0 Å². The smallest absolute Gasteiger partial charge is 0.338 e. The number of imide groups is 1. The number of fused-ring (bicyclic) bond motifs is 1. The predicted molar refractivity (Wildman–Crippen MR) is 94.5 cm³/mol. The van der Waals surface area contributed by atoms with E-state index in [0.717, 1.165) is 4.90 Å². The standard InChI is InChI=1S/C18H14N2O6S/c21-16-7-8-17(22)20(16)13-3-5-14(6-4-13)27(24,25)19-12-2-1-11-10-26-18(23)15(11)9-12/h1-6,9,19H,7-8,10H2. The summed E-state index contributed by atoms with van der Waals surface area (Å²) in [4.78, 5) is 36.2. The van der Waals surface area contributed by atoms with Crippen molar-refractivity contribution in [2.24, 2.45) is 0 Å². The molecule has 8 nitrogen and oxygen atoms in total. The van der Waals surface area contributed by atoms with Crippen molar-refractivity contribution < 1.29 is 27.5 Å². The first-order valence-corrected chi connectivity index (χ1v) is 9.62. The molecule has 0 aliphatic carbocycles. The van der Waals surface area contributed by atoms with Gasteiger partial charge in [-0.1, -0.05) is 6.07 Å². The minimum Gasteiger partial charge on any atom is -0.457 e. The van der Waals surface area contributed by atoms with Gasteiger partial charge in [0.15, 0.2) is 0 Å². The van der Waals surface area contributed by atoms with Crippen LogP contribution in [0.3, 0.4) is 0 Å². The van der Waals surface area contributed by atoms with Crippen LogP contribution in [0.15, 0.2) is 47.4 Å². The molecule has 138 valence electrons. The lowest BCUT2D eigenvalue weighted by Crippen LogP contribution is -2.28. The quantitative estimate of drug-likeness (QED) is 0.634. The summed E-state index contributed by atoms with van der Waals surface area (Å²) in [5, 5.41) is 0. The van der Waals surface area contributed by atoms with Crippen LogP contribution < -0.4 is 9.62 Å². The van der Waals surface area contributed by atoms with Gasteiger partial charge in [-0.3, -0.25) is 19.2 Å². The van der Waals surface area contributed by atoms with Gasteiger partial charge in [-0.25, -0.2) is 13.2 Å². The van der Waals surface area contributed by atoms with Crippen LogP contribution in [0.1, 0.15) is 28.8 Å². The lowest BCUT2D eigenvalue weighted by molar-refractivity contribution is -0.121. The summed E-state index contributed by atoms with van der Waals surface area (Å²) in [7, 11) is -3.91. The topological polar surface area (TPSA) is 110 Å². The largest absolute Gasteiger partial charge is 0.457 e. The number of carbonyl (C=O) groups is 3. The maximum Gasteiger partial charge on any atom is 0.338 e. The van der Waals surface area contributed by atoms with E-state index in [2.05, 4.69) is 4.72 Å². The third-order valence-corrected chi connectivity index (χ3v) is 5.79. The van der Waals surface area contributed by atoms with Crippen LogP contribution in [0.5, 0.6) is 0 Å². The summed E-state index contributed by atoms with van der Waals surface area (Å²) in [5.41, 5.74) is 1.60. The van der Waals surface area contributed by atoms with E-state index in [9.17, 15) is 22.8 Å². The van der Waals surface area contributed by atoms with Crippen LogP contribution in [-0.2, 0) is 31.0 Å². The highest BCUT2D eigenvalue weighted by Crippen LogP contribution is 2.27. The van der Waals surface area contributed by atoms with Crippen molar-refractivity contribution in [3.8, 4) is 0 Å². The maximum atomic E-state index is 12.6. The number of esters is 1. The van der Waals surface area contributed by atoms with Gasteiger partial charge >= 0.3 is 5.97 Å². The van der Waals surface area contributed by atoms with Crippen molar-refractivity contribution in [1.29, 1.82) is 0 Å². The lowest BCUT2D eigenvalue weighted by atomic mass is 10.1. The zero-order valence-electron chi connectivity index (χ0n) is 14.0. The SMILES string of the molecule is O=C1OCc2ccc(NS(=O)(=O)c3ccc(N4C(=O)CCC4=O)cc3)cc21. The summed E-state index contributed by atoms with van der Waals surface area (Å²) in [6, 6.07) is 10.1. The van der Waals surface area contributed by atoms with Gasteiger partial charge in [0, 0.05) is 24.1 Å². The molecule has 2 heterocycles. The maximum absolute atomic E-state index is 12.6. The van der Waals surface area contributed by atoms with E-state index in [4.69, 9.17) is 4.74 Å². The number of benzene rings is 2. The molecule has 1 N–H and O–H groups in total. The average molecular weight is 386 g/mol. The first-order chi connectivity index (χ1) is 12.8. The van der Waals surface area contributed by atoms with Crippen molar-refractivity contribution in [2.75, 3.05) is 9.62 Å². The number of cyclic esters (lactones) is 1. The highest BCUT2D eigenvalue weighted by Gasteiger charge is 2.30. The van der Waals surface area contributed by atoms with Gasteiger partial charge in [-0.15, -0.1) is 0 Å². The van der Waals surface area contributed by atoms with Gasteiger partial charge in [0.2, 0.25) is 11.8 Å². The Kier molecular flexibility index (Phi) is 3.96. The Hall–Kier alpha value is -3.20. The molecule has 1 fully saturated rings. The number of amides is 2. The summed E-state index contributed by atoms with van der Waals surface area (Å²) in [6.07, 6.45) is 0.308. The van der Waals surface area contributed by atoms with Crippen LogP contribution in [0.25, 0.3) is 0 Å². The minimum absolute atomic E-state index is 0.0339. The third kappa shape index (κ3) is 3.06. The van der Waals surface area contributed by atoms with Gasteiger partial charge in [0.1, 0.15) is 6.61 Å². The van der Waals surface area contributed by atoms with Crippen molar-refractivity contribution in [3.05, 3.63) is 53.6 Å². The van der Waals surface area contributed by atoms with E-state index in [1.54, 1.807) is 12.1 Å². The van der Waals surface area contributed by atoms with E-state index in [1.165, 1.54) is 30.3 Å². The number of hydrogen-bond donors (Lipinski definition) is 1. The number of nitrogens with zero attached hydrogens (tertiary/aromatic N) is 1. The predicted octanol–water partition coefficient (Wildman–Crippen LogP) is 1.81. The summed E-state index contributed by atoms with van der Waals surface area (Å²) < 4.78 is 32.4. The molecular formula is C18H14N2O6S. The molecule has 0 unspecified atom stereocenters. The Bertz CT molecular complexity index is 1060. The van der Waals surface area contributed by atoms with E-state index >= 15 is 0 Å². The molecule has 0 atom stereocenters. The number of carbonyl (C=O) groups excluding carboxylic acids is 3. The molecule has 2 aliphatic rings. The normalized spacial score (nSPS) is 16.4. The van der Waals surface area contributed by atoms with Gasteiger partial charge in [0.05, 0.1) is 16.1 Å². The molecule has 0 spiro atoms. The van der Waals surface area contributed by atoms with E-state index in [0.29, 0.717) is 16.8 Å². The number of nitrogens with one attached hydrogen (secondary N) is 1. The number of anilines is 2. The Labute approximate surface area is 154 Å². The van der Waals surface area contributed by atoms with Crippen LogP contribution in [0.4, 0.5) is 11.4 Å². The van der Waals surface area contributed by atoms with Gasteiger partial charge < -0.3 is 4.74 Å². The summed E-state index contributed by atoms with van der Waals surface area (Å²) in [5.74, 6) is -1.10. The number of sulfonamides is 1. The Morgan fingerprint density at radius 3 is 2.26 bits per heavy atom. The molecule has 0 aromatic heterocycles. The molecular weight excluding hydrogens is 372 g/mol. The summed E-state index contributed by atoms with van der Waals surface area (Å²) >= 11 is 0. The number of hydrogen-bond acceptors (Lipinski definition) is 6. The Morgan fingerprint density at radius 2 is 1.59 bits per heavy atom. The first kappa shape index (κ1) is 17.2. The second-order valence-corrected chi connectivity index (χ2v) is 7.85. The molecule has 4 rings (SSSR count). The van der Waals surface area contributed by atoms with Crippen molar-refractivity contribution in [3.63, 3.8) is 0 Å². The first-order valence-electron chi connectivity index (χ1n) is 8.14. The molecule has 0 radical (unpaired) electrons. The molecule has 2 amide bonds. The molecule has 27 heavy (non-hydrogen) atoms. The fourth-order valence-corrected chi connectivity index (χ4v) is 4.08. The number of ether oxygens (including phenoxy) is 1. The fraction of sp³-hybridized carbons (Fsp3) is 0.167. The zero-order valence-corrected chi connectivity index (χ0v) is 14.8. The van der Waals surface area contributed by atoms with Crippen LogP contribution >= 0.6 is 0 Å². The lowest BCUT2D eigenvalue weighted by Gasteiger charge is -2.14. The Morgan fingerprint density at radius 1 is 0.926 bits per heavy atom. The molecule has 2 aliphatic heterocycles. The van der Waals surface area contributed by atoms with E-state index in [1.807, 2.05) is 0 Å². The second-order valence-electron chi connectivity index (χ2n) is 6.17. The monoisotopic (exact) mass is 386 g/mol. The van der Waals surface area contributed by atoms with Gasteiger partial charge in [-0.2, -0.15) is 0 Å². The van der Waals surface area contributed by atoms with Gasteiger partial charge in [-0.05, 0) is 36.4 Å². The average Bonchev–Trinajstić information content (AvgIpc) is 3.17. The zero-order chi connectivity index (χ0) is 19.2. The molecule has 0 bridgehead atoms. The summed E-state index contributed by atoms with van der Waals surface area (Å²) in [6.45, 7) is 0.177. The second kappa shape index (κ2) is 6.20. The minimum atomic E-state index is -3.91. The molecule has 9 heteroatoms. The van der Waals surface area contributed by atoms with Crippen LogP contribution in [0, 0.1) is 0 Å². The molecule has 2 aromatic carbocycles. The van der Waals surface area contributed by atoms with E-state index in [-0.39, 0.29) is 41.8 Å². The highest BCUT2D eigenvalue weighted by molar-refractivity contribution is 7.92. The molecule has 2 aromatic rings. The van der Waals surface area contributed by atoms with Crippen LogP contribution in [0.2, 0.25) is 0 Å². The van der Waals surface area contributed by atoms with Crippen molar-refractivity contribution >= 4 is 39.2 Å². The third-order valence-electron chi connectivity index (χ3n) is 4.40. The fourth-order valence-electron chi connectivity index (χ4n) is 3.03. The molecule has 0 saturated carbocycles.